The summed E-state index contributed by atoms with van der Waals surface area (Å²) >= 11 is 1.67. The van der Waals surface area contributed by atoms with Gasteiger partial charge in [-0.05, 0) is 54.2 Å². The van der Waals surface area contributed by atoms with Crippen LogP contribution in [0.2, 0.25) is 0 Å². The molecule has 1 fully saturated rings. The molecule has 6 rings (SSSR count). The van der Waals surface area contributed by atoms with Crippen LogP contribution in [-0.2, 0) is 6.54 Å². The van der Waals surface area contributed by atoms with Gasteiger partial charge in [0.2, 0.25) is 0 Å². The van der Waals surface area contributed by atoms with Crippen LogP contribution in [0.25, 0.3) is 21.6 Å². The van der Waals surface area contributed by atoms with Crippen molar-refractivity contribution in [3.8, 4) is 11.4 Å². The van der Waals surface area contributed by atoms with Gasteiger partial charge in [0.25, 0.3) is 0 Å². The maximum absolute atomic E-state index is 4.90. The lowest BCUT2D eigenvalue weighted by molar-refractivity contribution is 0.789. The number of hydrogen-bond acceptors (Lipinski definition) is 8. The highest BCUT2D eigenvalue weighted by Crippen LogP contribution is 2.30. The quantitative estimate of drug-likeness (QED) is 0.323. The summed E-state index contributed by atoms with van der Waals surface area (Å²) in [6.07, 6.45) is 8.46. The number of fused-ring (bicyclic) bond motifs is 1. The van der Waals surface area contributed by atoms with Gasteiger partial charge in [0.1, 0.15) is 11.6 Å². The fourth-order valence-corrected chi connectivity index (χ4v) is 4.92. The van der Waals surface area contributed by atoms with Crippen LogP contribution in [0.3, 0.4) is 0 Å². The van der Waals surface area contributed by atoms with Crippen LogP contribution in [0.4, 0.5) is 17.3 Å². The second-order valence-electron chi connectivity index (χ2n) is 8.35. The van der Waals surface area contributed by atoms with Crippen molar-refractivity contribution in [2.75, 3.05) is 23.7 Å². The molecule has 0 spiro atoms. The Morgan fingerprint density at radius 1 is 1.09 bits per heavy atom. The summed E-state index contributed by atoms with van der Waals surface area (Å²) in [5, 5.41) is 12.5. The summed E-state index contributed by atoms with van der Waals surface area (Å²) in [6, 6.07) is 14.7. The number of aromatic nitrogens is 5. The Hall–Kier alpha value is -3.82. The van der Waals surface area contributed by atoms with Crippen molar-refractivity contribution >= 4 is 38.9 Å². The van der Waals surface area contributed by atoms with Gasteiger partial charge >= 0.3 is 0 Å². The smallest absolute Gasteiger partial charge is 0.162 e. The molecule has 3 N–H and O–H groups in total. The van der Waals surface area contributed by atoms with Gasteiger partial charge in [-0.2, -0.15) is 0 Å². The maximum Gasteiger partial charge on any atom is 0.162 e. The zero-order valence-electron chi connectivity index (χ0n) is 18.5. The molecule has 1 aliphatic rings. The standard InChI is InChI=1S/C25H24N8S/c1-3-19(4-2-17(1)15-33-11-10-27-16-33)29-22-13-18(5-9-28-22)24-31-21-7-12-34-23(21)25(32-24)30-20-6-8-26-14-20/h1-5,7,9-13,16,20,26H,6,8,14-15H2,(H,28,29)(H,30,31,32). The molecule has 1 saturated heterocycles. The lowest BCUT2D eigenvalue weighted by Crippen LogP contribution is -2.22. The molecule has 1 atom stereocenters. The predicted molar refractivity (Wildman–Crippen MR) is 137 cm³/mol. The number of rotatable bonds is 7. The van der Waals surface area contributed by atoms with Gasteiger partial charge in [0.15, 0.2) is 5.82 Å². The van der Waals surface area contributed by atoms with Crippen molar-refractivity contribution in [2.24, 2.45) is 0 Å². The van der Waals surface area contributed by atoms with Crippen LogP contribution in [0, 0.1) is 0 Å². The highest BCUT2D eigenvalue weighted by Gasteiger charge is 2.18. The van der Waals surface area contributed by atoms with Crippen LogP contribution >= 0.6 is 11.3 Å². The summed E-state index contributed by atoms with van der Waals surface area (Å²) in [7, 11) is 0. The van der Waals surface area contributed by atoms with Crippen LogP contribution in [0.5, 0.6) is 0 Å². The minimum atomic E-state index is 0.388. The van der Waals surface area contributed by atoms with E-state index in [2.05, 4.69) is 61.6 Å². The van der Waals surface area contributed by atoms with Gasteiger partial charge in [-0.15, -0.1) is 11.3 Å². The highest BCUT2D eigenvalue weighted by atomic mass is 32.1. The molecule has 0 amide bonds. The third-order valence-electron chi connectivity index (χ3n) is 5.87. The normalized spacial score (nSPS) is 15.6. The Labute approximate surface area is 201 Å². The second kappa shape index (κ2) is 9.20. The van der Waals surface area contributed by atoms with E-state index in [0.717, 1.165) is 59.2 Å². The van der Waals surface area contributed by atoms with E-state index in [4.69, 9.17) is 9.97 Å². The summed E-state index contributed by atoms with van der Waals surface area (Å²) < 4.78 is 3.14. The number of pyridine rings is 1. The van der Waals surface area contributed by atoms with Gasteiger partial charge < -0.3 is 20.5 Å². The third kappa shape index (κ3) is 4.48. The molecule has 34 heavy (non-hydrogen) atoms. The molecule has 5 heterocycles. The number of nitrogens with zero attached hydrogens (tertiary/aromatic N) is 5. The molecule has 1 unspecified atom stereocenters. The fourth-order valence-electron chi connectivity index (χ4n) is 4.13. The summed E-state index contributed by atoms with van der Waals surface area (Å²) in [4.78, 5) is 18.3. The van der Waals surface area contributed by atoms with E-state index in [1.165, 1.54) is 5.56 Å². The Balaban J connectivity index is 1.23. The van der Waals surface area contributed by atoms with E-state index < -0.39 is 0 Å². The Morgan fingerprint density at radius 3 is 2.85 bits per heavy atom. The van der Waals surface area contributed by atoms with Crippen molar-refractivity contribution in [2.45, 2.75) is 19.0 Å². The zero-order chi connectivity index (χ0) is 22.7. The minimum absolute atomic E-state index is 0.388. The number of hydrogen-bond donors (Lipinski definition) is 3. The Kier molecular flexibility index (Phi) is 5.62. The molecular formula is C25H24N8S. The van der Waals surface area contributed by atoms with E-state index in [1.54, 1.807) is 23.7 Å². The molecule has 4 aromatic heterocycles. The first-order valence-electron chi connectivity index (χ1n) is 11.3. The van der Waals surface area contributed by atoms with Gasteiger partial charge in [-0.1, -0.05) is 12.1 Å². The number of thiophene rings is 1. The topological polar surface area (TPSA) is 92.6 Å². The number of anilines is 3. The molecule has 1 aromatic carbocycles. The molecule has 0 aliphatic carbocycles. The third-order valence-corrected chi connectivity index (χ3v) is 6.78. The van der Waals surface area contributed by atoms with Crippen LogP contribution in [-0.4, -0.2) is 43.6 Å². The molecule has 1 aliphatic heterocycles. The number of nitrogens with one attached hydrogen (secondary N) is 3. The van der Waals surface area contributed by atoms with Gasteiger partial charge in [0, 0.05) is 49.0 Å². The zero-order valence-corrected chi connectivity index (χ0v) is 19.3. The number of benzene rings is 1. The molecule has 0 bridgehead atoms. The van der Waals surface area contributed by atoms with Gasteiger partial charge in [0.05, 0.1) is 16.5 Å². The first-order valence-corrected chi connectivity index (χ1v) is 12.2. The monoisotopic (exact) mass is 468 g/mol. The lowest BCUT2D eigenvalue weighted by atomic mass is 10.2. The fraction of sp³-hybridized carbons (Fsp3) is 0.200. The van der Waals surface area contributed by atoms with Crippen LogP contribution in [0.1, 0.15) is 12.0 Å². The summed E-state index contributed by atoms with van der Waals surface area (Å²) in [5.74, 6) is 2.35. The SMILES string of the molecule is c1cn(Cc2ccc(Nc3cc(-c4nc(NC5CCNC5)c5sccc5n4)ccn3)cc2)cn1. The molecule has 5 aromatic rings. The second-order valence-corrected chi connectivity index (χ2v) is 9.27. The van der Waals surface area contributed by atoms with Crippen molar-refractivity contribution in [3.63, 3.8) is 0 Å². The molecule has 170 valence electrons. The van der Waals surface area contributed by atoms with Gasteiger partial charge in [-0.25, -0.2) is 19.9 Å². The van der Waals surface area contributed by atoms with Gasteiger partial charge in [-0.3, -0.25) is 0 Å². The van der Waals surface area contributed by atoms with Crippen molar-refractivity contribution in [3.05, 3.63) is 78.3 Å². The Bertz CT molecular complexity index is 1390. The average Bonchev–Trinajstić information content (AvgIpc) is 3.64. The molecule has 0 saturated carbocycles. The lowest BCUT2D eigenvalue weighted by Gasteiger charge is -2.14. The summed E-state index contributed by atoms with van der Waals surface area (Å²) in [5.41, 5.74) is 4.07. The first-order chi connectivity index (χ1) is 16.8. The Morgan fingerprint density at radius 2 is 2.03 bits per heavy atom. The molecule has 9 heteroatoms. The molecule has 8 nitrogen and oxygen atoms in total. The predicted octanol–water partition coefficient (Wildman–Crippen LogP) is 4.52. The molecule has 0 radical (unpaired) electrons. The van der Waals surface area contributed by atoms with Crippen molar-refractivity contribution < 1.29 is 0 Å². The summed E-state index contributed by atoms with van der Waals surface area (Å²) in [6.45, 7) is 2.79. The van der Waals surface area contributed by atoms with Crippen LogP contribution < -0.4 is 16.0 Å². The van der Waals surface area contributed by atoms with Crippen LogP contribution in [0.15, 0.2) is 72.8 Å². The van der Waals surface area contributed by atoms with Crippen molar-refractivity contribution in [1.82, 2.24) is 29.8 Å². The largest absolute Gasteiger partial charge is 0.365 e. The first kappa shape index (κ1) is 20.8. The molecular weight excluding hydrogens is 444 g/mol. The van der Waals surface area contributed by atoms with E-state index in [0.29, 0.717) is 11.9 Å². The van der Waals surface area contributed by atoms with E-state index in [-0.39, 0.29) is 0 Å². The average molecular weight is 469 g/mol. The van der Waals surface area contributed by atoms with Crippen molar-refractivity contribution in [1.29, 1.82) is 0 Å². The van der Waals surface area contributed by atoms with E-state index in [9.17, 15) is 0 Å². The van der Waals surface area contributed by atoms with E-state index >= 15 is 0 Å². The van der Waals surface area contributed by atoms with E-state index in [1.807, 2.05) is 29.2 Å². The minimum Gasteiger partial charge on any atom is -0.365 e. The maximum atomic E-state index is 4.90. The highest BCUT2D eigenvalue weighted by molar-refractivity contribution is 7.17. The number of imidazole rings is 1.